The van der Waals surface area contributed by atoms with Crippen LogP contribution in [0, 0.1) is 0 Å². The summed E-state index contributed by atoms with van der Waals surface area (Å²) in [7, 11) is 2.03. The predicted octanol–water partition coefficient (Wildman–Crippen LogP) is 3.79. The lowest BCUT2D eigenvalue weighted by atomic mass is 10.0. The highest BCUT2D eigenvalue weighted by atomic mass is 35.5. The van der Waals surface area contributed by atoms with E-state index in [-0.39, 0.29) is 16.9 Å². The normalized spacial score (nSPS) is 17.7. The highest BCUT2D eigenvalue weighted by Gasteiger charge is 2.31. The summed E-state index contributed by atoms with van der Waals surface area (Å²) in [6, 6.07) is 11.8. The minimum atomic E-state index is -4.51. The van der Waals surface area contributed by atoms with E-state index in [0.717, 1.165) is 35.5 Å². The molecule has 31 heavy (non-hydrogen) atoms. The second kappa shape index (κ2) is 8.32. The number of hydrogen-bond acceptors (Lipinski definition) is 5. The molecule has 1 aliphatic rings. The minimum absolute atomic E-state index is 0.0290. The van der Waals surface area contributed by atoms with E-state index in [1.54, 1.807) is 0 Å². The van der Waals surface area contributed by atoms with Crippen LogP contribution >= 0.6 is 11.6 Å². The number of hydrogen-bond donors (Lipinski definition) is 0. The number of rotatable bonds is 3. The molecule has 1 fully saturated rings. The third-order valence-corrected chi connectivity index (χ3v) is 5.63. The van der Waals surface area contributed by atoms with Gasteiger partial charge in [-0.05, 0) is 24.7 Å². The predicted molar refractivity (Wildman–Crippen MR) is 112 cm³/mol. The van der Waals surface area contributed by atoms with E-state index in [1.807, 2.05) is 42.3 Å². The fraction of sp³-hybridized carbons (Fsp3) is 0.286. The molecule has 1 aliphatic heterocycles. The van der Waals surface area contributed by atoms with Crippen molar-refractivity contribution >= 4 is 17.3 Å². The molecule has 0 unspecified atom stereocenters. The summed E-state index contributed by atoms with van der Waals surface area (Å²) >= 11 is 6.44. The van der Waals surface area contributed by atoms with Gasteiger partial charge in [0.2, 0.25) is 0 Å². The lowest BCUT2D eigenvalue weighted by Crippen LogP contribution is -2.47. The van der Waals surface area contributed by atoms with Gasteiger partial charge in [0, 0.05) is 25.8 Å². The van der Waals surface area contributed by atoms with Crippen molar-refractivity contribution in [3.8, 4) is 5.82 Å². The second-order valence-corrected chi connectivity index (χ2v) is 7.72. The molecule has 1 atom stereocenters. The number of alkyl halides is 3. The molecule has 3 aromatic rings. The largest absolute Gasteiger partial charge is 0.417 e. The quantitative estimate of drug-likeness (QED) is 0.609. The molecule has 0 N–H and O–H groups in total. The molecule has 162 valence electrons. The van der Waals surface area contributed by atoms with Gasteiger partial charge in [0.15, 0.2) is 5.82 Å². The van der Waals surface area contributed by atoms with Crippen molar-refractivity contribution in [1.29, 1.82) is 0 Å². The van der Waals surface area contributed by atoms with E-state index in [1.165, 1.54) is 6.20 Å². The van der Waals surface area contributed by atoms with E-state index >= 15 is 0 Å². The number of nitrogens with zero attached hydrogens (tertiary/aromatic N) is 5. The van der Waals surface area contributed by atoms with Crippen molar-refractivity contribution in [2.24, 2.45) is 0 Å². The van der Waals surface area contributed by atoms with Crippen molar-refractivity contribution < 1.29 is 13.2 Å². The Morgan fingerprint density at radius 3 is 2.45 bits per heavy atom. The van der Waals surface area contributed by atoms with Crippen molar-refractivity contribution in [2.75, 3.05) is 31.6 Å². The van der Waals surface area contributed by atoms with E-state index in [0.29, 0.717) is 18.4 Å². The third kappa shape index (κ3) is 4.28. The first kappa shape index (κ1) is 21.3. The molecule has 0 amide bonds. The van der Waals surface area contributed by atoms with E-state index in [9.17, 15) is 18.0 Å². The molecular formula is C21H19ClF3N5O. The zero-order valence-electron chi connectivity index (χ0n) is 16.6. The van der Waals surface area contributed by atoms with Gasteiger partial charge in [-0.3, -0.25) is 4.79 Å². The molecule has 4 rings (SSSR count). The Labute approximate surface area is 181 Å². The van der Waals surface area contributed by atoms with Crippen molar-refractivity contribution in [2.45, 2.75) is 12.2 Å². The summed E-state index contributed by atoms with van der Waals surface area (Å²) in [4.78, 5) is 20.9. The Morgan fingerprint density at radius 1 is 1.06 bits per heavy atom. The van der Waals surface area contributed by atoms with Crippen molar-refractivity contribution in [3.05, 3.63) is 81.4 Å². The summed E-state index contributed by atoms with van der Waals surface area (Å²) in [5.41, 5.74) is 0.0165. The van der Waals surface area contributed by atoms with Gasteiger partial charge < -0.3 is 9.80 Å². The molecule has 0 aliphatic carbocycles. The molecule has 6 nitrogen and oxygen atoms in total. The average molecular weight is 450 g/mol. The number of halogens is 4. The van der Waals surface area contributed by atoms with E-state index < -0.39 is 17.3 Å². The Bertz CT molecular complexity index is 1120. The fourth-order valence-corrected chi connectivity index (χ4v) is 3.87. The lowest BCUT2D eigenvalue weighted by molar-refractivity contribution is -0.137. The first-order valence-electron chi connectivity index (χ1n) is 9.57. The van der Waals surface area contributed by atoms with Crippen molar-refractivity contribution in [3.63, 3.8) is 0 Å². The number of benzene rings is 1. The summed E-state index contributed by atoms with van der Waals surface area (Å²) in [5, 5.41) is 4.09. The molecule has 10 heteroatoms. The summed E-state index contributed by atoms with van der Waals surface area (Å²) in [6.45, 7) is 2.16. The molecule has 1 aromatic carbocycles. The Hall–Kier alpha value is -2.91. The van der Waals surface area contributed by atoms with Crippen LogP contribution in [-0.4, -0.2) is 46.3 Å². The SMILES string of the molecule is CN1CCN(c2cnn(-c3ccc(C(F)(F)F)cn3)c(=O)c2Cl)[C@H](c2ccccc2)C1. The highest BCUT2D eigenvalue weighted by molar-refractivity contribution is 6.33. The van der Waals surface area contributed by atoms with Crippen LogP contribution in [0.25, 0.3) is 5.82 Å². The van der Waals surface area contributed by atoms with Gasteiger partial charge in [0.1, 0.15) is 5.02 Å². The van der Waals surface area contributed by atoms with Gasteiger partial charge in [-0.15, -0.1) is 0 Å². The summed E-state index contributed by atoms with van der Waals surface area (Å²) < 4.78 is 39.2. The molecule has 0 spiro atoms. The molecule has 3 heterocycles. The number of aromatic nitrogens is 3. The second-order valence-electron chi connectivity index (χ2n) is 7.35. The van der Waals surface area contributed by atoms with Gasteiger partial charge in [-0.25, -0.2) is 4.98 Å². The Balaban J connectivity index is 1.70. The molecule has 0 saturated carbocycles. The Morgan fingerprint density at radius 2 is 1.81 bits per heavy atom. The van der Waals surface area contributed by atoms with Crippen LogP contribution in [0.1, 0.15) is 17.2 Å². The zero-order chi connectivity index (χ0) is 22.2. The summed E-state index contributed by atoms with van der Waals surface area (Å²) in [5.74, 6) is -0.0376. The molecule has 2 aromatic heterocycles. The van der Waals surface area contributed by atoms with Gasteiger partial charge in [0.25, 0.3) is 5.56 Å². The smallest absolute Gasteiger partial charge is 0.359 e. The van der Waals surface area contributed by atoms with Gasteiger partial charge >= 0.3 is 6.18 Å². The number of piperazine rings is 1. The van der Waals surface area contributed by atoms with Crippen LogP contribution < -0.4 is 10.5 Å². The van der Waals surface area contributed by atoms with Gasteiger partial charge in [-0.1, -0.05) is 41.9 Å². The van der Waals surface area contributed by atoms with Crippen LogP contribution in [0.3, 0.4) is 0 Å². The van der Waals surface area contributed by atoms with Crippen LogP contribution in [0.5, 0.6) is 0 Å². The van der Waals surface area contributed by atoms with E-state index in [2.05, 4.69) is 15.0 Å². The number of pyridine rings is 1. The van der Waals surface area contributed by atoms with Gasteiger partial charge in [0.05, 0.1) is 23.5 Å². The van der Waals surface area contributed by atoms with E-state index in [4.69, 9.17) is 11.6 Å². The van der Waals surface area contributed by atoms with Crippen LogP contribution in [0.4, 0.5) is 18.9 Å². The van der Waals surface area contributed by atoms with Crippen LogP contribution in [0.15, 0.2) is 59.7 Å². The minimum Gasteiger partial charge on any atom is -0.359 e. The zero-order valence-corrected chi connectivity index (χ0v) is 17.3. The standard InChI is InChI=1S/C21H19ClF3N5O/c1-28-9-10-29(17(13-28)14-5-3-2-4-6-14)16-12-27-30(20(31)19(16)22)18-8-7-15(11-26-18)21(23,24)25/h2-8,11-12,17H,9-10,13H2,1H3/t17-/m0/s1. The third-order valence-electron chi connectivity index (χ3n) is 5.27. The first-order chi connectivity index (χ1) is 14.8. The molecular weight excluding hydrogens is 431 g/mol. The van der Waals surface area contributed by atoms with Crippen molar-refractivity contribution in [1.82, 2.24) is 19.7 Å². The van der Waals surface area contributed by atoms with Gasteiger partial charge in [-0.2, -0.15) is 23.0 Å². The lowest BCUT2D eigenvalue weighted by Gasteiger charge is -2.41. The number of likely N-dealkylation sites (N-methyl/N-ethyl adjacent to an activating group) is 1. The Kier molecular flexibility index (Phi) is 5.72. The topological polar surface area (TPSA) is 54.3 Å². The maximum Gasteiger partial charge on any atom is 0.417 e. The van der Waals surface area contributed by atoms with Crippen LogP contribution in [0.2, 0.25) is 5.02 Å². The molecule has 0 bridgehead atoms. The molecule has 1 saturated heterocycles. The highest BCUT2D eigenvalue weighted by Crippen LogP contribution is 2.33. The molecule has 0 radical (unpaired) electrons. The maximum absolute atomic E-state index is 12.9. The fourth-order valence-electron chi connectivity index (χ4n) is 3.63. The number of anilines is 1. The maximum atomic E-state index is 12.9. The average Bonchev–Trinajstić information content (AvgIpc) is 2.76. The van der Waals surface area contributed by atoms with Crippen LogP contribution in [-0.2, 0) is 6.18 Å². The monoisotopic (exact) mass is 449 g/mol. The summed E-state index contributed by atoms with van der Waals surface area (Å²) in [6.07, 6.45) is -2.39. The first-order valence-corrected chi connectivity index (χ1v) is 9.95.